The summed E-state index contributed by atoms with van der Waals surface area (Å²) in [5, 5.41) is 7.33. The van der Waals surface area contributed by atoms with Crippen LogP contribution in [0.4, 0.5) is 0 Å². The van der Waals surface area contributed by atoms with Crippen LogP contribution in [0.5, 0.6) is 0 Å². The van der Waals surface area contributed by atoms with Crippen molar-refractivity contribution in [3.63, 3.8) is 0 Å². The Balaban J connectivity index is 1.75. The van der Waals surface area contributed by atoms with Gasteiger partial charge < -0.3 is 20.1 Å². The third-order valence-electron chi connectivity index (χ3n) is 5.52. The molecule has 2 rings (SSSR count). The number of nitrogens with one attached hydrogen (secondary N) is 2. The zero-order valence-corrected chi connectivity index (χ0v) is 17.8. The minimum Gasteiger partial charge on any atom is -0.360 e. The van der Waals surface area contributed by atoms with Gasteiger partial charge in [-0.15, -0.1) is 0 Å². The maximum atomic E-state index is 5.31. The van der Waals surface area contributed by atoms with Crippen molar-refractivity contribution in [1.82, 2.24) is 10.6 Å². The van der Waals surface area contributed by atoms with Crippen LogP contribution in [-0.4, -0.2) is 54.2 Å². The van der Waals surface area contributed by atoms with Crippen molar-refractivity contribution in [2.75, 3.05) is 20.8 Å². The number of methoxy groups -OCH3 is 2. The summed E-state index contributed by atoms with van der Waals surface area (Å²) in [5.74, 6) is 1.13. The molecule has 2 fully saturated rings. The summed E-state index contributed by atoms with van der Waals surface area (Å²) >= 11 is 0. The van der Waals surface area contributed by atoms with Crippen molar-refractivity contribution in [2.45, 2.75) is 94.7 Å². The predicted molar refractivity (Wildman–Crippen MR) is 108 cm³/mol. The highest BCUT2D eigenvalue weighted by Crippen LogP contribution is 2.21. The van der Waals surface area contributed by atoms with Gasteiger partial charge in [-0.1, -0.05) is 44.6 Å². The molecule has 25 heavy (non-hydrogen) atoms. The standard InChI is InChI=1S/C19H39N3O2Si/c1-23-19(24-2)25-15-9-14-20-18(21-16-10-5-3-6-11-16)22-17-12-7-4-8-13-17/h16-17,19H,3-15,25H2,1-2H3,(H2,20,21,22). The van der Waals surface area contributed by atoms with Gasteiger partial charge in [0.25, 0.3) is 0 Å². The SMILES string of the molecule is COC(OC)[SiH2]CCCN/C(=N\C1CCCCC1)NC1CCCCC1. The van der Waals surface area contributed by atoms with Crippen LogP contribution in [0.2, 0.25) is 6.04 Å². The van der Waals surface area contributed by atoms with E-state index in [-0.39, 0.29) is 15.4 Å². The molecule has 0 aromatic carbocycles. The van der Waals surface area contributed by atoms with Gasteiger partial charge in [-0.25, -0.2) is 4.99 Å². The smallest absolute Gasteiger partial charge is 0.191 e. The van der Waals surface area contributed by atoms with Crippen LogP contribution in [0.15, 0.2) is 4.99 Å². The van der Waals surface area contributed by atoms with E-state index in [2.05, 4.69) is 10.6 Å². The lowest BCUT2D eigenvalue weighted by Gasteiger charge is -2.27. The molecule has 0 aromatic heterocycles. The van der Waals surface area contributed by atoms with Crippen molar-refractivity contribution in [3.8, 4) is 0 Å². The van der Waals surface area contributed by atoms with E-state index in [1.165, 1.54) is 76.7 Å². The van der Waals surface area contributed by atoms with Crippen LogP contribution >= 0.6 is 0 Å². The van der Waals surface area contributed by atoms with E-state index in [4.69, 9.17) is 14.5 Å². The summed E-state index contributed by atoms with van der Waals surface area (Å²) in [4.78, 5) is 5.05. The Labute approximate surface area is 156 Å². The maximum absolute atomic E-state index is 5.31. The van der Waals surface area contributed by atoms with Crippen LogP contribution in [0.1, 0.15) is 70.6 Å². The number of nitrogens with zero attached hydrogens (tertiary/aromatic N) is 1. The topological polar surface area (TPSA) is 54.9 Å². The Morgan fingerprint density at radius 3 is 2.28 bits per heavy atom. The number of guanidine groups is 1. The zero-order chi connectivity index (χ0) is 17.7. The first-order valence-corrected chi connectivity index (χ1v) is 12.3. The van der Waals surface area contributed by atoms with Crippen molar-refractivity contribution in [1.29, 1.82) is 0 Å². The van der Waals surface area contributed by atoms with Crippen molar-refractivity contribution >= 4 is 15.5 Å². The Morgan fingerprint density at radius 2 is 1.64 bits per heavy atom. The predicted octanol–water partition coefficient (Wildman–Crippen LogP) is 2.74. The molecule has 5 nitrogen and oxygen atoms in total. The molecule has 0 unspecified atom stereocenters. The lowest BCUT2D eigenvalue weighted by molar-refractivity contribution is -0.0441. The molecule has 0 amide bonds. The van der Waals surface area contributed by atoms with Gasteiger partial charge in [-0.2, -0.15) is 0 Å². The van der Waals surface area contributed by atoms with Crippen LogP contribution in [0.3, 0.4) is 0 Å². The molecule has 0 radical (unpaired) electrons. The largest absolute Gasteiger partial charge is 0.360 e. The second-order valence-electron chi connectivity index (χ2n) is 7.57. The third-order valence-corrected chi connectivity index (χ3v) is 7.56. The van der Waals surface area contributed by atoms with E-state index in [9.17, 15) is 0 Å². The highest BCUT2D eigenvalue weighted by atomic mass is 28.2. The van der Waals surface area contributed by atoms with Crippen LogP contribution in [0.25, 0.3) is 0 Å². The normalized spacial score (nSPS) is 21.3. The first-order valence-electron chi connectivity index (χ1n) is 10.5. The number of aliphatic imine (C=N–C) groups is 1. The lowest BCUT2D eigenvalue weighted by Crippen LogP contribution is -2.45. The molecule has 0 aliphatic heterocycles. The van der Waals surface area contributed by atoms with Crippen molar-refractivity contribution < 1.29 is 9.47 Å². The molecule has 0 bridgehead atoms. The van der Waals surface area contributed by atoms with Gasteiger partial charge in [-0.3, -0.25) is 0 Å². The minimum absolute atomic E-state index is 0.0655. The van der Waals surface area contributed by atoms with E-state index >= 15 is 0 Å². The first-order chi connectivity index (χ1) is 12.3. The van der Waals surface area contributed by atoms with Crippen LogP contribution in [0, 0.1) is 0 Å². The number of rotatable bonds is 9. The monoisotopic (exact) mass is 369 g/mol. The summed E-state index contributed by atoms with van der Waals surface area (Å²) < 4.78 is 10.6. The molecule has 0 aromatic rings. The molecule has 0 atom stereocenters. The van der Waals surface area contributed by atoms with Gasteiger partial charge in [0, 0.05) is 26.8 Å². The van der Waals surface area contributed by atoms with Gasteiger partial charge in [0.1, 0.15) is 5.91 Å². The van der Waals surface area contributed by atoms with Gasteiger partial charge in [0.15, 0.2) is 5.96 Å². The van der Waals surface area contributed by atoms with E-state index in [1.54, 1.807) is 14.2 Å². The van der Waals surface area contributed by atoms with E-state index < -0.39 is 0 Å². The average molecular weight is 370 g/mol. The minimum atomic E-state index is -0.315. The highest BCUT2D eigenvalue weighted by Gasteiger charge is 2.17. The zero-order valence-electron chi connectivity index (χ0n) is 16.4. The Morgan fingerprint density at radius 1 is 1.00 bits per heavy atom. The quantitative estimate of drug-likeness (QED) is 0.216. The fourth-order valence-corrected chi connectivity index (χ4v) is 5.29. The molecule has 0 spiro atoms. The lowest BCUT2D eigenvalue weighted by atomic mass is 9.95. The molecule has 2 N–H and O–H groups in total. The summed E-state index contributed by atoms with van der Waals surface area (Å²) in [6.45, 7) is 0.998. The van der Waals surface area contributed by atoms with Gasteiger partial charge in [-0.05, 0) is 32.1 Å². The van der Waals surface area contributed by atoms with E-state index in [1.807, 2.05) is 0 Å². The maximum Gasteiger partial charge on any atom is 0.191 e. The summed E-state index contributed by atoms with van der Waals surface area (Å²) in [6.07, 6.45) is 14.4. The van der Waals surface area contributed by atoms with E-state index in [0.29, 0.717) is 12.1 Å². The Bertz CT molecular complexity index is 366. The molecule has 2 aliphatic rings. The van der Waals surface area contributed by atoms with Gasteiger partial charge in [0.2, 0.25) is 0 Å². The second-order valence-corrected chi connectivity index (χ2v) is 9.52. The Hall–Kier alpha value is -0.593. The second kappa shape index (κ2) is 12.7. The molecular formula is C19H39N3O2Si. The average Bonchev–Trinajstić information content (AvgIpc) is 2.66. The molecule has 0 heterocycles. The molecule has 2 saturated carbocycles. The fraction of sp³-hybridized carbons (Fsp3) is 0.947. The number of hydrogen-bond donors (Lipinski definition) is 2. The summed E-state index contributed by atoms with van der Waals surface area (Å²) in [5.41, 5.74) is 0. The molecule has 0 saturated heterocycles. The molecular weight excluding hydrogens is 330 g/mol. The summed E-state index contributed by atoms with van der Waals surface area (Å²) in [7, 11) is 3.16. The first kappa shape index (κ1) is 20.7. The van der Waals surface area contributed by atoms with Gasteiger partial charge in [0.05, 0.1) is 15.6 Å². The van der Waals surface area contributed by atoms with Gasteiger partial charge >= 0.3 is 0 Å². The number of hydrogen-bond acceptors (Lipinski definition) is 3. The fourth-order valence-electron chi connectivity index (χ4n) is 3.94. The third kappa shape index (κ3) is 8.56. The highest BCUT2D eigenvalue weighted by molar-refractivity contribution is 6.36. The molecule has 6 heteroatoms. The van der Waals surface area contributed by atoms with Crippen LogP contribution < -0.4 is 10.6 Å². The van der Waals surface area contributed by atoms with Crippen LogP contribution in [-0.2, 0) is 9.47 Å². The van der Waals surface area contributed by atoms with Crippen molar-refractivity contribution in [3.05, 3.63) is 0 Å². The molecule has 2 aliphatic carbocycles. The Kier molecular flexibility index (Phi) is 10.5. The number of ether oxygens (including phenoxy) is 2. The van der Waals surface area contributed by atoms with E-state index in [0.717, 1.165) is 12.5 Å². The molecule has 146 valence electrons. The van der Waals surface area contributed by atoms with Crippen molar-refractivity contribution in [2.24, 2.45) is 4.99 Å². The summed E-state index contributed by atoms with van der Waals surface area (Å²) in [6, 6.07) is 2.37.